The second-order valence-corrected chi connectivity index (χ2v) is 5.06. The lowest BCUT2D eigenvalue weighted by atomic mass is 10.1. The summed E-state index contributed by atoms with van der Waals surface area (Å²) >= 11 is 0. The molecule has 106 valence electrons. The molecule has 3 nitrogen and oxygen atoms in total. The van der Waals surface area contributed by atoms with Crippen molar-refractivity contribution in [3.05, 3.63) is 35.1 Å². The summed E-state index contributed by atoms with van der Waals surface area (Å²) in [4.78, 5) is 2.29. The van der Waals surface area contributed by atoms with Crippen molar-refractivity contribution < 1.29 is 9.13 Å². The average molecular weight is 266 g/mol. The van der Waals surface area contributed by atoms with E-state index in [2.05, 4.69) is 4.90 Å². The van der Waals surface area contributed by atoms with E-state index in [9.17, 15) is 4.39 Å². The molecule has 19 heavy (non-hydrogen) atoms. The number of rotatable bonds is 5. The first-order valence-corrected chi connectivity index (χ1v) is 7.04. The second kappa shape index (κ2) is 6.98. The number of ether oxygens (including phenoxy) is 1. The lowest BCUT2D eigenvalue weighted by Gasteiger charge is -2.31. The van der Waals surface area contributed by atoms with Crippen LogP contribution in [-0.4, -0.2) is 30.7 Å². The number of nitrogens with zero attached hydrogens (tertiary/aromatic N) is 1. The zero-order valence-electron chi connectivity index (χ0n) is 11.6. The Morgan fingerprint density at radius 2 is 2.11 bits per heavy atom. The molecular weight excluding hydrogens is 243 g/mol. The smallest absolute Gasteiger partial charge is 0.127 e. The molecule has 2 N–H and O–H groups in total. The summed E-state index contributed by atoms with van der Waals surface area (Å²) in [7, 11) is 0. The molecule has 1 aliphatic heterocycles. The molecule has 1 heterocycles. The van der Waals surface area contributed by atoms with Gasteiger partial charge in [-0.15, -0.1) is 0 Å². The van der Waals surface area contributed by atoms with Crippen molar-refractivity contribution in [2.75, 3.05) is 19.7 Å². The number of piperidine rings is 1. The van der Waals surface area contributed by atoms with Gasteiger partial charge in [0.25, 0.3) is 0 Å². The topological polar surface area (TPSA) is 38.5 Å². The summed E-state index contributed by atoms with van der Waals surface area (Å²) in [6.07, 6.45) is 2.44. The van der Waals surface area contributed by atoms with Crippen molar-refractivity contribution in [2.45, 2.75) is 39.0 Å². The van der Waals surface area contributed by atoms with Gasteiger partial charge in [-0.3, -0.25) is 4.90 Å². The molecule has 1 aromatic carbocycles. The molecule has 1 fully saturated rings. The molecule has 0 radical (unpaired) electrons. The number of likely N-dealkylation sites (tertiary alicyclic amines) is 1. The molecule has 2 rings (SSSR count). The van der Waals surface area contributed by atoms with Crippen LogP contribution in [0.1, 0.15) is 30.9 Å². The van der Waals surface area contributed by atoms with Crippen molar-refractivity contribution in [3.63, 3.8) is 0 Å². The largest absolute Gasteiger partial charge is 0.378 e. The third-order valence-electron chi connectivity index (χ3n) is 3.68. The van der Waals surface area contributed by atoms with Gasteiger partial charge in [-0.2, -0.15) is 0 Å². The Kier molecular flexibility index (Phi) is 5.31. The minimum Gasteiger partial charge on any atom is -0.378 e. The van der Waals surface area contributed by atoms with E-state index in [1.54, 1.807) is 6.07 Å². The first-order valence-electron chi connectivity index (χ1n) is 7.04. The molecule has 0 saturated carbocycles. The molecule has 1 aliphatic rings. The fraction of sp³-hybridized carbons (Fsp3) is 0.600. The standard InChI is InChI=1S/C15H23FN2O/c1-2-19-14-5-7-18(8-6-14)11-13-9-12(10-17)3-4-15(13)16/h3-4,9,14H,2,5-8,10-11,17H2,1H3. The zero-order valence-corrected chi connectivity index (χ0v) is 11.6. The number of hydrogen-bond acceptors (Lipinski definition) is 3. The number of halogens is 1. The number of hydrogen-bond donors (Lipinski definition) is 1. The van der Waals surface area contributed by atoms with Crippen molar-refractivity contribution in [3.8, 4) is 0 Å². The maximum absolute atomic E-state index is 13.8. The highest BCUT2D eigenvalue weighted by Gasteiger charge is 2.20. The Hall–Kier alpha value is -0.970. The Morgan fingerprint density at radius 1 is 1.37 bits per heavy atom. The summed E-state index contributed by atoms with van der Waals surface area (Å²) in [6, 6.07) is 5.15. The van der Waals surface area contributed by atoms with Crippen LogP contribution in [-0.2, 0) is 17.8 Å². The van der Waals surface area contributed by atoms with Gasteiger partial charge in [-0.25, -0.2) is 4.39 Å². The van der Waals surface area contributed by atoms with Crippen molar-refractivity contribution >= 4 is 0 Å². The Balaban J connectivity index is 1.91. The molecule has 1 aromatic rings. The Labute approximate surface area is 114 Å². The molecular formula is C15H23FN2O. The van der Waals surface area contributed by atoms with Gasteiger partial charge in [-0.1, -0.05) is 12.1 Å². The molecule has 0 unspecified atom stereocenters. The third-order valence-corrected chi connectivity index (χ3v) is 3.68. The average Bonchev–Trinajstić information content (AvgIpc) is 2.44. The van der Waals surface area contributed by atoms with E-state index in [1.807, 2.05) is 13.0 Å². The molecule has 1 saturated heterocycles. The number of nitrogens with two attached hydrogens (primary N) is 1. The van der Waals surface area contributed by atoms with Crippen molar-refractivity contribution in [2.24, 2.45) is 5.73 Å². The van der Waals surface area contributed by atoms with Crippen LogP contribution >= 0.6 is 0 Å². The van der Waals surface area contributed by atoms with Gasteiger partial charge in [-0.05, 0) is 31.4 Å². The molecule has 0 atom stereocenters. The first-order chi connectivity index (χ1) is 9.22. The SMILES string of the molecule is CCOC1CCN(Cc2cc(CN)ccc2F)CC1. The van der Waals surface area contributed by atoms with Crippen LogP contribution in [0.25, 0.3) is 0 Å². The summed E-state index contributed by atoms with van der Waals surface area (Å²) < 4.78 is 19.4. The summed E-state index contributed by atoms with van der Waals surface area (Å²) in [5.41, 5.74) is 7.34. The minimum absolute atomic E-state index is 0.135. The molecule has 0 aliphatic carbocycles. The highest BCUT2D eigenvalue weighted by Crippen LogP contribution is 2.18. The van der Waals surface area contributed by atoms with E-state index >= 15 is 0 Å². The molecule has 4 heteroatoms. The molecule has 0 bridgehead atoms. The zero-order chi connectivity index (χ0) is 13.7. The second-order valence-electron chi connectivity index (χ2n) is 5.06. The summed E-state index contributed by atoms with van der Waals surface area (Å²) in [5.74, 6) is -0.135. The van der Waals surface area contributed by atoms with E-state index in [1.165, 1.54) is 6.07 Å². The van der Waals surface area contributed by atoms with Crippen molar-refractivity contribution in [1.82, 2.24) is 4.90 Å². The fourth-order valence-electron chi connectivity index (χ4n) is 2.59. The Morgan fingerprint density at radius 3 is 2.74 bits per heavy atom. The third kappa shape index (κ3) is 4.00. The van der Waals surface area contributed by atoms with E-state index in [0.29, 0.717) is 19.2 Å². The van der Waals surface area contributed by atoms with E-state index in [4.69, 9.17) is 10.5 Å². The van der Waals surface area contributed by atoms with Gasteiger partial charge in [0.1, 0.15) is 5.82 Å². The molecule has 0 spiro atoms. The predicted molar refractivity (Wildman–Crippen MR) is 74.2 cm³/mol. The van der Waals surface area contributed by atoms with Crippen molar-refractivity contribution in [1.29, 1.82) is 0 Å². The summed E-state index contributed by atoms with van der Waals surface area (Å²) in [5, 5.41) is 0. The van der Waals surface area contributed by atoms with Gasteiger partial charge in [0.05, 0.1) is 6.10 Å². The quantitative estimate of drug-likeness (QED) is 0.888. The van der Waals surface area contributed by atoms with E-state index in [0.717, 1.165) is 43.7 Å². The van der Waals surface area contributed by atoms with E-state index < -0.39 is 0 Å². The lowest BCUT2D eigenvalue weighted by Crippen LogP contribution is -2.36. The van der Waals surface area contributed by atoms with Crippen LogP contribution in [0.5, 0.6) is 0 Å². The van der Waals surface area contributed by atoms with Crippen LogP contribution in [0.2, 0.25) is 0 Å². The maximum atomic E-state index is 13.8. The molecule has 0 amide bonds. The van der Waals surface area contributed by atoms with Crippen LogP contribution in [0.15, 0.2) is 18.2 Å². The minimum atomic E-state index is -0.135. The van der Waals surface area contributed by atoms with Gasteiger partial charge in [0, 0.05) is 38.3 Å². The fourth-order valence-corrected chi connectivity index (χ4v) is 2.59. The van der Waals surface area contributed by atoms with Gasteiger partial charge < -0.3 is 10.5 Å². The van der Waals surface area contributed by atoms with Crippen LogP contribution < -0.4 is 5.73 Å². The van der Waals surface area contributed by atoms with Crippen LogP contribution in [0, 0.1) is 5.82 Å². The van der Waals surface area contributed by atoms with Gasteiger partial charge >= 0.3 is 0 Å². The Bertz CT molecular complexity index is 403. The van der Waals surface area contributed by atoms with Gasteiger partial charge in [0.15, 0.2) is 0 Å². The monoisotopic (exact) mass is 266 g/mol. The normalized spacial score (nSPS) is 17.8. The van der Waals surface area contributed by atoms with Gasteiger partial charge in [0.2, 0.25) is 0 Å². The predicted octanol–water partition coefficient (Wildman–Crippen LogP) is 2.29. The van der Waals surface area contributed by atoms with Crippen LogP contribution in [0.4, 0.5) is 4.39 Å². The van der Waals surface area contributed by atoms with E-state index in [-0.39, 0.29) is 5.82 Å². The highest BCUT2D eigenvalue weighted by atomic mass is 19.1. The summed E-state index contributed by atoms with van der Waals surface area (Å²) in [6.45, 7) is 5.87. The van der Waals surface area contributed by atoms with Crippen LogP contribution in [0.3, 0.4) is 0 Å². The lowest BCUT2D eigenvalue weighted by molar-refractivity contribution is 0.0123. The number of benzene rings is 1. The highest BCUT2D eigenvalue weighted by molar-refractivity contribution is 5.25. The maximum Gasteiger partial charge on any atom is 0.127 e. The first kappa shape index (κ1) is 14.4. The molecule has 0 aromatic heterocycles.